The predicted octanol–water partition coefficient (Wildman–Crippen LogP) is 5.65. The van der Waals surface area contributed by atoms with E-state index in [0.29, 0.717) is 0 Å². The summed E-state index contributed by atoms with van der Waals surface area (Å²) in [4.78, 5) is 22.1. The summed E-state index contributed by atoms with van der Waals surface area (Å²) in [6.07, 6.45) is 16.8. The summed E-state index contributed by atoms with van der Waals surface area (Å²) in [6.45, 7) is 4.39. The minimum absolute atomic E-state index is 0.0801. The second-order valence-corrected chi connectivity index (χ2v) is 6.49. The average Bonchev–Trinajstić information content (AvgIpc) is 2.55. The van der Waals surface area contributed by atoms with Crippen molar-refractivity contribution < 1.29 is 19.4 Å². The lowest BCUT2D eigenvalue weighted by atomic mass is 10.0. The number of carboxylic acids is 1. The smallest absolute Gasteiger partial charge is 0.331 e. The Kier molecular flexibility index (Phi) is 15.6. The van der Waals surface area contributed by atoms with Crippen LogP contribution in [0.1, 0.15) is 97.3 Å². The number of carboxylic acid groups (broad SMARTS) is 1. The van der Waals surface area contributed by atoms with Crippen LogP contribution >= 0.6 is 0 Å². The van der Waals surface area contributed by atoms with Gasteiger partial charge in [-0.15, -0.1) is 0 Å². The van der Waals surface area contributed by atoms with Gasteiger partial charge < -0.3 is 9.84 Å². The van der Waals surface area contributed by atoms with E-state index >= 15 is 0 Å². The van der Waals surface area contributed by atoms with E-state index in [1.165, 1.54) is 51.4 Å². The molecule has 0 bridgehead atoms. The van der Waals surface area contributed by atoms with Crippen LogP contribution in [-0.2, 0) is 14.3 Å². The van der Waals surface area contributed by atoms with Crippen molar-refractivity contribution >= 4 is 11.9 Å². The van der Waals surface area contributed by atoms with Crippen molar-refractivity contribution in [3.63, 3.8) is 0 Å². The molecule has 0 aromatic rings. The highest BCUT2D eigenvalue weighted by molar-refractivity contribution is 5.90. The van der Waals surface area contributed by atoms with Gasteiger partial charge in [0, 0.05) is 12.2 Å². The Bertz CT molecular complexity index is 350. The van der Waals surface area contributed by atoms with Crippen molar-refractivity contribution in [3.05, 3.63) is 12.2 Å². The zero-order chi connectivity index (χ0) is 18.0. The molecule has 0 aromatic carbocycles. The normalized spacial score (nSPS) is 12.4. The Balaban J connectivity index is 4.07. The SMILES string of the molecule is CCCCCCCCCC(CCCCCC)OC(=O)/C=C/C(=O)O. The first-order valence-corrected chi connectivity index (χ1v) is 9.71. The predicted molar refractivity (Wildman–Crippen MR) is 98.0 cm³/mol. The van der Waals surface area contributed by atoms with Gasteiger partial charge in [-0.05, 0) is 25.7 Å². The summed E-state index contributed by atoms with van der Waals surface area (Å²) >= 11 is 0. The highest BCUT2D eigenvalue weighted by atomic mass is 16.5. The van der Waals surface area contributed by atoms with E-state index < -0.39 is 11.9 Å². The van der Waals surface area contributed by atoms with E-state index in [1.807, 2.05) is 0 Å². The average molecular weight is 341 g/mol. The lowest BCUT2D eigenvalue weighted by Gasteiger charge is -2.17. The van der Waals surface area contributed by atoms with Gasteiger partial charge in [0.25, 0.3) is 0 Å². The van der Waals surface area contributed by atoms with Crippen LogP contribution in [0.4, 0.5) is 0 Å². The molecule has 0 radical (unpaired) electrons. The molecule has 0 fully saturated rings. The first-order valence-electron chi connectivity index (χ1n) is 9.71. The van der Waals surface area contributed by atoms with Gasteiger partial charge in [-0.2, -0.15) is 0 Å². The molecule has 0 heterocycles. The second-order valence-electron chi connectivity index (χ2n) is 6.49. The van der Waals surface area contributed by atoms with Gasteiger partial charge >= 0.3 is 11.9 Å². The fraction of sp³-hybridized carbons (Fsp3) is 0.800. The zero-order valence-electron chi connectivity index (χ0n) is 15.6. The van der Waals surface area contributed by atoms with Crippen LogP contribution in [0.3, 0.4) is 0 Å². The van der Waals surface area contributed by atoms with Gasteiger partial charge in [-0.3, -0.25) is 0 Å². The molecular weight excluding hydrogens is 304 g/mol. The number of carbonyl (C=O) groups excluding carboxylic acids is 1. The topological polar surface area (TPSA) is 63.6 Å². The number of ether oxygens (including phenoxy) is 1. The van der Waals surface area contributed by atoms with E-state index in [4.69, 9.17) is 9.84 Å². The quantitative estimate of drug-likeness (QED) is 0.224. The number of aliphatic carboxylic acids is 1. The maximum Gasteiger partial charge on any atom is 0.331 e. The lowest BCUT2D eigenvalue weighted by molar-refractivity contribution is -0.144. The molecule has 0 spiro atoms. The molecule has 0 rings (SSSR count). The molecule has 0 amide bonds. The number of carbonyl (C=O) groups is 2. The molecule has 0 aromatic heterocycles. The maximum atomic E-state index is 11.7. The maximum absolute atomic E-state index is 11.7. The van der Waals surface area contributed by atoms with Crippen LogP contribution in [-0.4, -0.2) is 23.1 Å². The van der Waals surface area contributed by atoms with Crippen LogP contribution in [0.5, 0.6) is 0 Å². The Morgan fingerprint density at radius 2 is 1.25 bits per heavy atom. The van der Waals surface area contributed by atoms with E-state index in [0.717, 1.165) is 44.3 Å². The Morgan fingerprint density at radius 3 is 1.75 bits per heavy atom. The van der Waals surface area contributed by atoms with Crippen molar-refractivity contribution in [1.29, 1.82) is 0 Å². The number of hydrogen-bond donors (Lipinski definition) is 1. The minimum Gasteiger partial charge on any atom is -0.478 e. The van der Waals surface area contributed by atoms with Crippen LogP contribution in [0.2, 0.25) is 0 Å². The fourth-order valence-electron chi connectivity index (χ4n) is 2.73. The van der Waals surface area contributed by atoms with Crippen molar-refractivity contribution in [2.75, 3.05) is 0 Å². The van der Waals surface area contributed by atoms with E-state index in [9.17, 15) is 9.59 Å². The standard InChI is InChI=1S/C20H36O4/c1-3-5-7-9-10-11-13-15-18(14-12-8-6-4-2)24-20(23)17-16-19(21)22/h16-18H,3-15H2,1-2H3,(H,21,22)/b17-16+. The summed E-state index contributed by atoms with van der Waals surface area (Å²) in [5.41, 5.74) is 0. The van der Waals surface area contributed by atoms with Gasteiger partial charge in [-0.1, -0.05) is 71.6 Å². The van der Waals surface area contributed by atoms with E-state index in [2.05, 4.69) is 13.8 Å². The van der Waals surface area contributed by atoms with Crippen LogP contribution in [0.25, 0.3) is 0 Å². The Morgan fingerprint density at radius 1 is 0.792 bits per heavy atom. The highest BCUT2D eigenvalue weighted by Crippen LogP contribution is 2.16. The first kappa shape index (κ1) is 22.7. The van der Waals surface area contributed by atoms with Gasteiger partial charge in [0.2, 0.25) is 0 Å². The summed E-state index contributed by atoms with van der Waals surface area (Å²) in [5.74, 6) is -1.67. The molecule has 0 aliphatic carbocycles. The third-order valence-electron chi connectivity index (χ3n) is 4.15. The molecule has 4 heteroatoms. The lowest BCUT2D eigenvalue weighted by Crippen LogP contribution is -2.17. The Labute approximate surface area is 147 Å². The molecule has 0 saturated heterocycles. The van der Waals surface area contributed by atoms with Gasteiger partial charge in [0.1, 0.15) is 6.10 Å². The Hall–Kier alpha value is -1.32. The minimum atomic E-state index is -1.13. The molecule has 0 saturated carbocycles. The molecular formula is C20H36O4. The van der Waals surface area contributed by atoms with E-state index in [-0.39, 0.29) is 6.10 Å². The monoisotopic (exact) mass is 340 g/mol. The first-order chi connectivity index (χ1) is 11.6. The van der Waals surface area contributed by atoms with Crippen LogP contribution in [0, 0.1) is 0 Å². The molecule has 0 aliphatic rings. The third-order valence-corrected chi connectivity index (χ3v) is 4.15. The van der Waals surface area contributed by atoms with Crippen molar-refractivity contribution in [3.8, 4) is 0 Å². The molecule has 1 atom stereocenters. The second kappa shape index (κ2) is 16.5. The molecule has 1 N–H and O–H groups in total. The number of rotatable bonds is 16. The van der Waals surface area contributed by atoms with E-state index in [1.54, 1.807) is 0 Å². The third kappa shape index (κ3) is 15.6. The fourth-order valence-corrected chi connectivity index (χ4v) is 2.73. The molecule has 1 unspecified atom stereocenters. The van der Waals surface area contributed by atoms with Gasteiger partial charge in [-0.25, -0.2) is 9.59 Å². The molecule has 4 nitrogen and oxygen atoms in total. The highest BCUT2D eigenvalue weighted by Gasteiger charge is 2.12. The summed E-state index contributed by atoms with van der Waals surface area (Å²) in [5, 5.41) is 8.56. The van der Waals surface area contributed by atoms with Crippen molar-refractivity contribution in [2.45, 2.75) is 103 Å². The number of unbranched alkanes of at least 4 members (excludes halogenated alkanes) is 9. The molecule has 0 aliphatic heterocycles. The molecule has 140 valence electrons. The van der Waals surface area contributed by atoms with Gasteiger partial charge in [0.15, 0.2) is 0 Å². The van der Waals surface area contributed by atoms with Crippen LogP contribution in [0.15, 0.2) is 12.2 Å². The number of esters is 1. The van der Waals surface area contributed by atoms with Gasteiger partial charge in [0.05, 0.1) is 0 Å². The zero-order valence-corrected chi connectivity index (χ0v) is 15.6. The van der Waals surface area contributed by atoms with Crippen LogP contribution < -0.4 is 0 Å². The van der Waals surface area contributed by atoms with Crippen molar-refractivity contribution in [2.24, 2.45) is 0 Å². The summed E-state index contributed by atoms with van der Waals surface area (Å²) < 4.78 is 5.44. The number of hydrogen-bond acceptors (Lipinski definition) is 3. The summed E-state index contributed by atoms with van der Waals surface area (Å²) in [6, 6.07) is 0. The largest absolute Gasteiger partial charge is 0.478 e. The molecule has 24 heavy (non-hydrogen) atoms. The van der Waals surface area contributed by atoms with Crippen molar-refractivity contribution in [1.82, 2.24) is 0 Å². The summed E-state index contributed by atoms with van der Waals surface area (Å²) in [7, 11) is 0.